The Morgan fingerprint density at radius 2 is 1.94 bits per heavy atom. The number of aryl methyl sites for hydroxylation is 1. The lowest BCUT2D eigenvalue weighted by Crippen LogP contribution is -2.15. The van der Waals surface area contributed by atoms with Crippen LogP contribution in [0.4, 0.5) is 5.82 Å². The number of nitrogens with two attached hydrogens (primary N) is 1. The minimum absolute atomic E-state index is 0.280. The van der Waals surface area contributed by atoms with Crippen LogP contribution in [-0.4, -0.2) is 30.8 Å². The quantitative estimate of drug-likeness (QED) is 0.373. The normalized spacial score (nSPS) is 12.0. The molecule has 1 aromatic carbocycles. The molecule has 1 atom stereocenters. The molecule has 0 radical (unpaired) electrons. The number of hydrogen-bond acceptors (Lipinski definition) is 6. The number of carbonyl (C=O) groups is 1. The molecule has 0 saturated heterocycles. The van der Waals surface area contributed by atoms with Crippen molar-refractivity contribution >= 4 is 11.8 Å². The van der Waals surface area contributed by atoms with E-state index in [1.807, 2.05) is 22.8 Å². The van der Waals surface area contributed by atoms with Crippen molar-refractivity contribution in [2.45, 2.75) is 45.1 Å². The number of rotatable bonds is 10. The van der Waals surface area contributed by atoms with E-state index in [2.05, 4.69) is 34.2 Å². The Morgan fingerprint density at radius 3 is 2.64 bits per heavy atom. The van der Waals surface area contributed by atoms with Crippen LogP contribution in [0.1, 0.15) is 48.2 Å². The van der Waals surface area contributed by atoms with Crippen molar-refractivity contribution in [1.82, 2.24) is 19.7 Å². The summed E-state index contributed by atoms with van der Waals surface area (Å²) in [5, 5.41) is 13.9. The van der Waals surface area contributed by atoms with E-state index in [-0.39, 0.29) is 6.42 Å². The average molecular weight is 446 g/mol. The monoisotopic (exact) mass is 445 g/mol. The van der Waals surface area contributed by atoms with Gasteiger partial charge >= 0.3 is 5.97 Å². The summed E-state index contributed by atoms with van der Waals surface area (Å²) in [6.45, 7) is 2.62. The number of imidazole rings is 1. The third kappa shape index (κ3) is 5.65. The first kappa shape index (κ1) is 22.3. The fraction of sp³-hybridized carbons (Fsp3) is 0.280. The molecule has 8 heteroatoms. The van der Waals surface area contributed by atoms with Gasteiger partial charge in [-0.05, 0) is 36.5 Å². The first-order valence-electron chi connectivity index (χ1n) is 11.0. The maximum absolute atomic E-state index is 11.9. The molecule has 0 bridgehead atoms. The highest BCUT2D eigenvalue weighted by molar-refractivity contribution is 5.75. The average Bonchev–Trinajstić information content (AvgIpc) is 3.47. The van der Waals surface area contributed by atoms with Crippen LogP contribution in [0.15, 0.2) is 65.7 Å². The lowest BCUT2D eigenvalue weighted by atomic mass is 9.98. The summed E-state index contributed by atoms with van der Waals surface area (Å²) in [4.78, 5) is 20.2. The van der Waals surface area contributed by atoms with Gasteiger partial charge in [-0.2, -0.15) is 0 Å². The predicted octanol–water partition coefficient (Wildman–Crippen LogP) is 4.32. The van der Waals surface area contributed by atoms with Gasteiger partial charge in [-0.25, -0.2) is 9.97 Å². The van der Waals surface area contributed by atoms with E-state index >= 15 is 0 Å². The van der Waals surface area contributed by atoms with Gasteiger partial charge in [-0.1, -0.05) is 48.8 Å². The molecule has 3 heterocycles. The highest BCUT2D eigenvalue weighted by Crippen LogP contribution is 2.23. The third-order valence-corrected chi connectivity index (χ3v) is 5.56. The molecule has 3 aromatic heterocycles. The van der Waals surface area contributed by atoms with Gasteiger partial charge < -0.3 is 19.9 Å². The maximum Gasteiger partial charge on any atom is 0.312 e. The molecule has 4 aromatic rings. The second-order valence-corrected chi connectivity index (χ2v) is 8.14. The molecule has 0 fully saturated rings. The Labute approximate surface area is 192 Å². The highest BCUT2D eigenvalue weighted by Gasteiger charge is 2.23. The molecule has 0 aliphatic carbocycles. The van der Waals surface area contributed by atoms with Crippen molar-refractivity contribution in [1.29, 1.82) is 0 Å². The minimum atomic E-state index is -0.941. The summed E-state index contributed by atoms with van der Waals surface area (Å²) in [5.74, 6) is -0.625. The van der Waals surface area contributed by atoms with E-state index in [0.29, 0.717) is 23.8 Å². The van der Waals surface area contributed by atoms with Crippen molar-refractivity contribution in [3.05, 3.63) is 83.7 Å². The van der Waals surface area contributed by atoms with Gasteiger partial charge in [-0.3, -0.25) is 4.79 Å². The zero-order chi connectivity index (χ0) is 23.2. The molecule has 0 spiro atoms. The number of carboxylic acid groups (broad SMARTS) is 1. The molecule has 0 saturated carbocycles. The Kier molecular flexibility index (Phi) is 6.83. The molecule has 4 rings (SSSR count). The van der Waals surface area contributed by atoms with Gasteiger partial charge in [0.05, 0.1) is 18.6 Å². The van der Waals surface area contributed by atoms with Crippen molar-refractivity contribution in [3.63, 3.8) is 0 Å². The summed E-state index contributed by atoms with van der Waals surface area (Å²) in [5.41, 5.74) is 9.90. The molecule has 0 aliphatic rings. The van der Waals surface area contributed by atoms with E-state index in [9.17, 15) is 9.90 Å². The molecule has 170 valence electrons. The van der Waals surface area contributed by atoms with Gasteiger partial charge in [0, 0.05) is 24.0 Å². The van der Waals surface area contributed by atoms with E-state index in [1.165, 1.54) is 18.4 Å². The molecule has 8 nitrogen and oxygen atoms in total. The number of nitrogen functional groups attached to an aromatic ring is 1. The number of carboxylic acids is 1. The summed E-state index contributed by atoms with van der Waals surface area (Å²) in [6, 6.07) is 13.7. The Morgan fingerprint density at radius 1 is 1.15 bits per heavy atom. The predicted molar refractivity (Wildman–Crippen MR) is 125 cm³/mol. The largest absolute Gasteiger partial charge is 0.481 e. The Bertz CT molecular complexity index is 1200. The van der Waals surface area contributed by atoms with Crippen LogP contribution < -0.4 is 5.73 Å². The fourth-order valence-corrected chi connectivity index (χ4v) is 3.68. The van der Waals surface area contributed by atoms with Gasteiger partial charge in [0.1, 0.15) is 17.4 Å². The number of hydrogen-bond donors (Lipinski definition) is 2. The first-order chi connectivity index (χ1) is 16.0. The minimum Gasteiger partial charge on any atom is -0.481 e. The maximum atomic E-state index is 11.9. The number of aromatic nitrogens is 4. The SMILES string of the molecule is CCCCc1ccc(-c2cc(Cn3cnc(C(Cc4ccc(N)nc4)C(=O)O)c3)no2)cc1. The summed E-state index contributed by atoms with van der Waals surface area (Å²) in [6.07, 6.45) is 8.65. The zero-order valence-corrected chi connectivity index (χ0v) is 18.5. The second kappa shape index (κ2) is 10.1. The van der Waals surface area contributed by atoms with Crippen LogP contribution in [0.3, 0.4) is 0 Å². The van der Waals surface area contributed by atoms with Gasteiger partial charge in [-0.15, -0.1) is 0 Å². The topological polar surface area (TPSA) is 120 Å². The van der Waals surface area contributed by atoms with E-state index in [1.54, 1.807) is 30.9 Å². The molecular formula is C25H27N5O3. The number of unbranched alkanes of at least 4 members (excludes halogenated alkanes) is 1. The van der Waals surface area contributed by atoms with Crippen LogP contribution in [-0.2, 0) is 24.2 Å². The standard InChI is InChI=1S/C25H27N5O3/c1-2-3-4-17-5-8-19(9-6-17)23-12-20(29-33-23)14-30-15-22(28-16-30)21(25(31)32)11-18-7-10-24(26)27-13-18/h5-10,12-13,15-16,21H,2-4,11,14H2,1H3,(H2,26,27)(H,31,32). The van der Waals surface area contributed by atoms with Crippen LogP contribution >= 0.6 is 0 Å². The van der Waals surface area contributed by atoms with Crippen molar-refractivity contribution in [3.8, 4) is 11.3 Å². The molecule has 0 aliphatic heterocycles. The summed E-state index contributed by atoms with van der Waals surface area (Å²) < 4.78 is 7.34. The van der Waals surface area contributed by atoms with Gasteiger partial charge in [0.25, 0.3) is 0 Å². The molecule has 0 amide bonds. The molecule has 1 unspecified atom stereocenters. The third-order valence-electron chi connectivity index (χ3n) is 5.56. The van der Waals surface area contributed by atoms with Gasteiger partial charge in [0.2, 0.25) is 0 Å². The number of pyridine rings is 1. The van der Waals surface area contributed by atoms with Crippen LogP contribution in [0.25, 0.3) is 11.3 Å². The first-order valence-corrected chi connectivity index (χ1v) is 11.0. The number of anilines is 1. The van der Waals surface area contributed by atoms with Crippen molar-refractivity contribution in [2.75, 3.05) is 5.73 Å². The van der Waals surface area contributed by atoms with Crippen LogP contribution in [0.5, 0.6) is 0 Å². The lowest BCUT2D eigenvalue weighted by molar-refractivity contribution is -0.138. The fourth-order valence-electron chi connectivity index (χ4n) is 3.68. The number of aliphatic carboxylic acids is 1. The molecular weight excluding hydrogens is 418 g/mol. The number of nitrogens with zero attached hydrogens (tertiary/aromatic N) is 4. The summed E-state index contributed by atoms with van der Waals surface area (Å²) in [7, 11) is 0. The second-order valence-electron chi connectivity index (χ2n) is 8.14. The molecule has 3 N–H and O–H groups in total. The molecule has 33 heavy (non-hydrogen) atoms. The van der Waals surface area contributed by atoms with Crippen LogP contribution in [0, 0.1) is 0 Å². The van der Waals surface area contributed by atoms with E-state index in [0.717, 1.165) is 23.2 Å². The lowest BCUT2D eigenvalue weighted by Gasteiger charge is -2.09. The Balaban J connectivity index is 1.43. The van der Waals surface area contributed by atoms with Crippen molar-refractivity contribution < 1.29 is 14.4 Å². The van der Waals surface area contributed by atoms with E-state index in [4.69, 9.17) is 10.3 Å². The summed E-state index contributed by atoms with van der Waals surface area (Å²) >= 11 is 0. The van der Waals surface area contributed by atoms with Gasteiger partial charge in [0.15, 0.2) is 5.76 Å². The van der Waals surface area contributed by atoms with E-state index < -0.39 is 11.9 Å². The van der Waals surface area contributed by atoms with Crippen molar-refractivity contribution in [2.24, 2.45) is 0 Å². The highest BCUT2D eigenvalue weighted by atomic mass is 16.5. The number of benzene rings is 1. The smallest absolute Gasteiger partial charge is 0.312 e. The zero-order valence-electron chi connectivity index (χ0n) is 18.5. The Hall–Kier alpha value is -3.94. The van der Waals surface area contributed by atoms with Crippen LogP contribution in [0.2, 0.25) is 0 Å².